The van der Waals surface area contributed by atoms with Gasteiger partial charge in [-0.05, 0) is 44.7 Å². The molecule has 0 fully saturated rings. The highest BCUT2D eigenvalue weighted by molar-refractivity contribution is 8.25. The average molecular weight is 737 g/mol. The van der Waals surface area contributed by atoms with Gasteiger partial charge in [-0.15, -0.1) is 0 Å². The van der Waals surface area contributed by atoms with Crippen LogP contribution in [0.3, 0.4) is 0 Å². The number of ether oxygens (including phenoxy) is 4. The monoisotopic (exact) mass is 736 g/mol. The minimum absolute atomic E-state index is 0.0834. The lowest BCUT2D eigenvalue weighted by atomic mass is 9.86. The van der Waals surface area contributed by atoms with Crippen LogP contribution < -0.4 is 0 Å². The van der Waals surface area contributed by atoms with E-state index in [9.17, 15) is 39.6 Å². The van der Waals surface area contributed by atoms with Crippen molar-refractivity contribution < 1.29 is 58.6 Å². The van der Waals surface area contributed by atoms with E-state index in [1.165, 1.54) is 21.0 Å². The predicted molar refractivity (Wildman–Crippen MR) is 190 cm³/mol. The normalized spacial score (nSPS) is 13.8. The van der Waals surface area contributed by atoms with E-state index >= 15 is 0 Å². The molecule has 0 amide bonds. The van der Waals surface area contributed by atoms with Crippen molar-refractivity contribution in [3.8, 4) is 0 Å². The van der Waals surface area contributed by atoms with Gasteiger partial charge in [0.15, 0.2) is 0 Å². The fourth-order valence-corrected chi connectivity index (χ4v) is 6.30. The molecule has 0 radical (unpaired) electrons. The van der Waals surface area contributed by atoms with Crippen LogP contribution in [-0.4, -0.2) is 107 Å². The Balaban J connectivity index is 2.46. The van der Waals surface area contributed by atoms with Crippen molar-refractivity contribution in [2.75, 3.05) is 53.4 Å². The Morgan fingerprint density at radius 3 is 1.58 bits per heavy atom. The number of thiocarbonyl (C=S) groups is 1. The maximum absolute atomic E-state index is 14.1. The predicted octanol–water partition coefficient (Wildman–Crippen LogP) is 3.21. The third-order valence-corrected chi connectivity index (χ3v) is 10.4. The summed E-state index contributed by atoms with van der Waals surface area (Å²) in [6.07, 6.45) is 0.0574. The molecular formula is C36H48O12S2. The molecule has 0 saturated heterocycles. The first-order valence-corrected chi connectivity index (χ1v) is 17.2. The van der Waals surface area contributed by atoms with E-state index < -0.39 is 97.0 Å². The molecule has 0 heterocycles. The van der Waals surface area contributed by atoms with E-state index in [-0.39, 0.29) is 12.8 Å². The molecule has 0 aliphatic rings. The third-order valence-electron chi connectivity index (χ3n) is 8.70. The first-order valence-electron chi connectivity index (χ1n) is 16.0. The zero-order valence-electron chi connectivity index (χ0n) is 29.1. The molecule has 2 aromatic rings. The maximum atomic E-state index is 14.1. The molecule has 0 aliphatic carbocycles. The van der Waals surface area contributed by atoms with Crippen LogP contribution in [0.25, 0.3) is 0 Å². The van der Waals surface area contributed by atoms with Crippen LogP contribution in [0.15, 0.2) is 60.7 Å². The van der Waals surface area contributed by atoms with Crippen molar-refractivity contribution in [3.05, 3.63) is 71.8 Å². The van der Waals surface area contributed by atoms with Gasteiger partial charge in [-0.3, -0.25) is 19.2 Å². The van der Waals surface area contributed by atoms with Crippen molar-refractivity contribution in [2.24, 2.45) is 16.2 Å². The van der Waals surface area contributed by atoms with E-state index in [1.54, 1.807) is 44.2 Å². The van der Waals surface area contributed by atoms with Crippen molar-refractivity contribution in [1.29, 1.82) is 0 Å². The van der Waals surface area contributed by atoms with E-state index in [4.69, 9.17) is 31.2 Å². The summed E-state index contributed by atoms with van der Waals surface area (Å²) < 4.78 is 21.1. The van der Waals surface area contributed by atoms with E-state index in [1.807, 2.05) is 30.3 Å². The van der Waals surface area contributed by atoms with Crippen LogP contribution >= 0.6 is 24.0 Å². The molecule has 0 bridgehead atoms. The van der Waals surface area contributed by atoms with Crippen LogP contribution in [0.4, 0.5) is 0 Å². The molecule has 2 atom stereocenters. The molecule has 2 unspecified atom stereocenters. The third kappa shape index (κ3) is 11.0. The Bertz CT molecular complexity index is 1390. The number of hydrogen-bond acceptors (Lipinski definition) is 14. The molecule has 0 saturated carbocycles. The lowest BCUT2D eigenvalue weighted by Gasteiger charge is -2.35. The van der Waals surface area contributed by atoms with Gasteiger partial charge in [-0.25, -0.2) is 0 Å². The Hall–Kier alpha value is -3.40. The summed E-state index contributed by atoms with van der Waals surface area (Å²) in [6, 6.07) is 17.8. The molecule has 0 aliphatic heterocycles. The summed E-state index contributed by atoms with van der Waals surface area (Å²) in [4.78, 5) is 53.1. The van der Waals surface area contributed by atoms with Gasteiger partial charge in [0.25, 0.3) is 0 Å². The van der Waals surface area contributed by atoms with Gasteiger partial charge >= 0.3 is 23.9 Å². The maximum Gasteiger partial charge on any atom is 0.322 e. The molecule has 2 rings (SSSR count). The summed E-state index contributed by atoms with van der Waals surface area (Å²) >= 11 is 6.76. The fraction of sp³-hybridized carbons (Fsp3) is 0.528. The first kappa shape index (κ1) is 42.8. The van der Waals surface area contributed by atoms with Crippen molar-refractivity contribution >= 4 is 52.1 Å². The topological polar surface area (TPSA) is 186 Å². The van der Waals surface area contributed by atoms with Crippen LogP contribution in [0, 0.1) is 16.2 Å². The molecule has 2 aromatic carbocycles. The number of aliphatic hydroxyl groups is 4. The molecule has 12 nitrogen and oxygen atoms in total. The van der Waals surface area contributed by atoms with Gasteiger partial charge < -0.3 is 39.4 Å². The van der Waals surface area contributed by atoms with Crippen LogP contribution in [0.1, 0.15) is 57.6 Å². The summed E-state index contributed by atoms with van der Waals surface area (Å²) in [6.45, 7) is 1.77. The smallest absolute Gasteiger partial charge is 0.322 e. The van der Waals surface area contributed by atoms with Crippen LogP contribution in [0.2, 0.25) is 0 Å². The number of hydrogen-bond donors (Lipinski definition) is 4. The second kappa shape index (κ2) is 19.3. The number of benzene rings is 2. The highest BCUT2D eigenvalue weighted by Crippen LogP contribution is 2.40. The zero-order valence-corrected chi connectivity index (χ0v) is 30.7. The number of aliphatic hydroxyl groups excluding tert-OH is 4. The lowest BCUT2D eigenvalue weighted by molar-refractivity contribution is -0.175. The van der Waals surface area contributed by atoms with Crippen molar-refractivity contribution in [3.63, 3.8) is 0 Å². The van der Waals surface area contributed by atoms with Gasteiger partial charge in [0.2, 0.25) is 0 Å². The SMILES string of the molecule is CCC(COC(=O)C(CC(C)(SC(=S)c1ccccc1)C(=O)OC)c1ccccc1)(COC(=O)C(C)(CO)CO)COC(=O)C(C)(CO)CO. The Kier molecular flexibility index (Phi) is 16.5. The number of esters is 4. The number of carbonyl (C=O) groups is 4. The number of rotatable bonds is 20. The molecule has 0 spiro atoms. The van der Waals surface area contributed by atoms with Crippen molar-refractivity contribution in [2.45, 2.75) is 51.2 Å². The first-order chi connectivity index (χ1) is 23.6. The van der Waals surface area contributed by atoms with E-state index in [0.717, 1.165) is 17.3 Å². The van der Waals surface area contributed by atoms with Gasteiger partial charge in [0.05, 0.1) is 49.1 Å². The number of methoxy groups -OCH3 is 1. The molecule has 0 aromatic heterocycles. The van der Waals surface area contributed by atoms with Crippen molar-refractivity contribution in [1.82, 2.24) is 0 Å². The second-order valence-corrected chi connectivity index (χ2v) is 15.2. The van der Waals surface area contributed by atoms with Gasteiger partial charge in [-0.1, -0.05) is 91.6 Å². The molecule has 276 valence electrons. The lowest BCUT2D eigenvalue weighted by Crippen LogP contribution is -2.45. The number of carbonyl (C=O) groups excluding carboxylic acids is 4. The Labute approximate surface area is 302 Å². The fourth-order valence-electron chi connectivity index (χ4n) is 4.53. The highest BCUT2D eigenvalue weighted by Gasteiger charge is 2.44. The van der Waals surface area contributed by atoms with Gasteiger partial charge in [0, 0.05) is 0 Å². The average Bonchev–Trinajstić information content (AvgIpc) is 3.15. The van der Waals surface area contributed by atoms with Gasteiger partial charge in [-0.2, -0.15) is 0 Å². The molecule has 14 heteroatoms. The second-order valence-electron chi connectivity index (χ2n) is 13.0. The summed E-state index contributed by atoms with van der Waals surface area (Å²) in [5.41, 5.74) is -3.34. The quantitative estimate of drug-likeness (QED) is 0.0882. The molecular weight excluding hydrogens is 689 g/mol. The zero-order chi connectivity index (χ0) is 37.6. The minimum Gasteiger partial charge on any atom is -0.468 e. The van der Waals surface area contributed by atoms with E-state index in [2.05, 4.69) is 0 Å². The van der Waals surface area contributed by atoms with Gasteiger partial charge in [0.1, 0.15) is 35.4 Å². The van der Waals surface area contributed by atoms with E-state index in [0.29, 0.717) is 9.76 Å². The minimum atomic E-state index is -1.63. The summed E-state index contributed by atoms with van der Waals surface area (Å²) in [7, 11) is 1.25. The Morgan fingerprint density at radius 1 is 0.720 bits per heavy atom. The highest BCUT2D eigenvalue weighted by atomic mass is 32.2. The van der Waals surface area contributed by atoms with Crippen LogP contribution in [-0.2, 0) is 38.1 Å². The summed E-state index contributed by atoms with van der Waals surface area (Å²) in [5, 5.41) is 38.7. The molecule has 4 N–H and O–H groups in total. The Morgan fingerprint density at radius 2 is 1.16 bits per heavy atom. The standard InChI is InChI=1S/C36H48O12S2/c1-6-36(23-47-30(42)33(2,18-37)19-38,24-48-31(43)34(3,20-39)21-40)22-46-28(41)27(25-13-9-7-10-14-25)17-35(4,32(44)45-5)50-29(49)26-15-11-8-12-16-26/h7-16,27,37-40H,6,17-24H2,1-5H3. The van der Waals surface area contributed by atoms with Crippen LogP contribution in [0.5, 0.6) is 0 Å². The largest absolute Gasteiger partial charge is 0.468 e. The number of thioether (sulfide) groups is 1. The molecule has 50 heavy (non-hydrogen) atoms. The summed E-state index contributed by atoms with van der Waals surface area (Å²) in [5.74, 6) is -4.22.